The molecule has 1 aromatic rings. The molecule has 0 spiro atoms. The Morgan fingerprint density at radius 3 is 2.61 bits per heavy atom. The van der Waals surface area contributed by atoms with Crippen LogP contribution < -0.4 is 11.5 Å². The third-order valence-corrected chi connectivity index (χ3v) is 5.74. The number of carbonyl (C=O) groups is 3. The van der Waals surface area contributed by atoms with Crippen molar-refractivity contribution >= 4 is 17.8 Å². The summed E-state index contributed by atoms with van der Waals surface area (Å²) in [7, 11) is 0. The van der Waals surface area contributed by atoms with Gasteiger partial charge in [0.05, 0.1) is 6.04 Å². The van der Waals surface area contributed by atoms with Crippen LogP contribution in [0.4, 0.5) is 4.79 Å². The molecular formula is C20H27N3O5. The Balaban J connectivity index is 1.74. The first-order valence-corrected chi connectivity index (χ1v) is 9.64. The van der Waals surface area contributed by atoms with Gasteiger partial charge in [0.1, 0.15) is 18.2 Å². The zero-order valence-electron chi connectivity index (χ0n) is 15.8. The van der Waals surface area contributed by atoms with E-state index >= 15 is 0 Å². The minimum atomic E-state index is -1.14. The van der Waals surface area contributed by atoms with Gasteiger partial charge in [-0.15, -0.1) is 0 Å². The molecule has 1 aliphatic carbocycles. The molecule has 8 heteroatoms. The van der Waals surface area contributed by atoms with E-state index in [0.29, 0.717) is 25.8 Å². The summed E-state index contributed by atoms with van der Waals surface area (Å²) in [5.41, 5.74) is 11.2. The summed E-state index contributed by atoms with van der Waals surface area (Å²) in [6.07, 6.45) is 1.86. The maximum absolute atomic E-state index is 13.1. The summed E-state index contributed by atoms with van der Waals surface area (Å²) in [5, 5.41) is 9.56. The molecule has 1 saturated heterocycles. The largest absolute Gasteiger partial charge is 0.480 e. The van der Waals surface area contributed by atoms with Crippen LogP contribution in [0.2, 0.25) is 0 Å². The van der Waals surface area contributed by atoms with E-state index in [4.69, 9.17) is 16.2 Å². The van der Waals surface area contributed by atoms with Crippen molar-refractivity contribution in [2.75, 3.05) is 6.54 Å². The third-order valence-electron chi connectivity index (χ3n) is 5.74. The Morgan fingerprint density at radius 2 is 1.96 bits per heavy atom. The van der Waals surface area contributed by atoms with E-state index in [1.807, 2.05) is 18.2 Å². The number of piperidine rings is 1. The van der Waals surface area contributed by atoms with Crippen LogP contribution in [-0.2, 0) is 20.9 Å². The Hall–Kier alpha value is -2.45. The van der Waals surface area contributed by atoms with Crippen LogP contribution in [0.25, 0.3) is 0 Å². The maximum atomic E-state index is 13.1. The number of nitrogens with two attached hydrogens (primary N) is 2. The number of hydrogen-bond donors (Lipinski definition) is 3. The van der Waals surface area contributed by atoms with E-state index < -0.39 is 29.7 Å². The van der Waals surface area contributed by atoms with Gasteiger partial charge in [0.15, 0.2) is 5.78 Å². The van der Waals surface area contributed by atoms with Crippen LogP contribution in [0.15, 0.2) is 30.3 Å². The zero-order chi connectivity index (χ0) is 20.3. The highest BCUT2D eigenvalue weighted by Gasteiger charge is 2.73. The molecule has 1 aliphatic heterocycles. The van der Waals surface area contributed by atoms with Crippen molar-refractivity contribution in [3.63, 3.8) is 0 Å². The molecule has 0 radical (unpaired) electrons. The second kappa shape index (κ2) is 8.28. The van der Waals surface area contributed by atoms with Gasteiger partial charge in [0.25, 0.3) is 0 Å². The molecule has 1 heterocycles. The first-order valence-electron chi connectivity index (χ1n) is 9.64. The molecular weight excluding hydrogens is 362 g/mol. The molecule has 1 aromatic carbocycles. The van der Waals surface area contributed by atoms with Crippen molar-refractivity contribution in [1.82, 2.24) is 4.90 Å². The summed E-state index contributed by atoms with van der Waals surface area (Å²) in [4.78, 5) is 38.7. The number of carbonyl (C=O) groups excluding carboxylic acids is 2. The molecule has 5 N–H and O–H groups in total. The van der Waals surface area contributed by atoms with Gasteiger partial charge in [-0.05, 0) is 43.7 Å². The highest BCUT2D eigenvalue weighted by Crippen LogP contribution is 2.59. The van der Waals surface area contributed by atoms with Crippen LogP contribution in [0, 0.1) is 5.92 Å². The summed E-state index contributed by atoms with van der Waals surface area (Å²) in [5.74, 6) is -1.58. The number of hydrogen-bond acceptors (Lipinski definition) is 6. The van der Waals surface area contributed by atoms with Gasteiger partial charge in [-0.25, -0.2) is 9.59 Å². The number of Topliss-reactive ketones (excluding diaryl/α,β-unsaturated/α-hetero) is 1. The highest BCUT2D eigenvalue weighted by molar-refractivity contribution is 6.01. The van der Waals surface area contributed by atoms with Crippen LogP contribution in [0.5, 0.6) is 0 Å². The number of likely N-dealkylation sites (tertiary alicyclic amines) is 1. The predicted octanol–water partition coefficient (Wildman–Crippen LogP) is 1.27. The third kappa shape index (κ3) is 3.74. The van der Waals surface area contributed by atoms with Crippen LogP contribution in [-0.4, -0.2) is 52.0 Å². The number of rotatable bonds is 9. The lowest BCUT2D eigenvalue weighted by Gasteiger charge is -2.32. The van der Waals surface area contributed by atoms with E-state index in [1.54, 1.807) is 12.1 Å². The second-order valence-corrected chi connectivity index (χ2v) is 7.58. The molecule has 2 fully saturated rings. The van der Waals surface area contributed by atoms with E-state index in [1.165, 1.54) is 0 Å². The lowest BCUT2D eigenvalue weighted by molar-refractivity contribution is -0.143. The first-order chi connectivity index (χ1) is 13.4. The van der Waals surface area contributed by atoms with Crippen LogP contribution in [0.3, 0.4) is 0 Å². The molecule has 0 aromatic heterocycles. The quantitative estimate of drug-likeness (QED) is 0.541. The van der Waals surface area contributed by atoms with Gasteiger partial charge < -0.3 is 21.3 Å². The Morgan fingerprint density at radius 1 is 1.25 bits per heavy atom. The molecule has 152 valence electrons. The molecule has 28 heavy (non-hydrogen) atoms. The number of nitrogens with zero attached hydrogens (tertiary/aromatic N) is 1. The van der Waals surface area contributed by atoms with Gasteiger partial charge in [0, 0.05) is 0 Å². The number of amides is 1. The molecule has 1 saturated carbocycles. The van der Waals surface area contributed by atoms with Gasteiger partial charge in [-0.3, -0.25) is 9.69 Å². The molecule has 1 amide bonds. The minimum absolute atomic E-state index is 0.0139. The average molecular weight is 389 g/mol. The van der Waals surface area contributed by atoms with E-state index in [0.717, 1.165) is 16.9 Å². The lowest BCUT2D eigenvalue weighted by Crippen LogP contribution is -2.55. The van der Waals surface area contributed by atoms with E-state index in [2.05, 4.69) is 0 Å². The number of fused-ring (bicyclic) bond motifs is 1. The minimum Gasteiger partial charge on any atom is -0.480 e. The predicted molar refractivity (Wildman–Crippen MR) is 101 cm³/mol. The van der Waals surface area contributed by atoms with Crippen molar-refractivity contribution in [1.29, 1.82) is 0 Å². The summed E-state index contributed by atoms with van der Waals surface area (Å²) in [6, 6.07) is 7.29. The lowest BCUT2D eigenvalue weighted by atomic mass is 9.97. The maximum Gasteiger partial charge on any atom is 0.411 e. The second-order valence-electron chi connectivity index (χ2n) is 7.58. The monoisotopic (exact) mass is 389 g/mol. The molecule has 8 nitrogen and oxygen atoms in total. The average Bonchev–Trinajstić information content (AvgIpc) is 3.31. The Bertz CT molecular complexity index is 741. The normalized spacial score (nSPS) is 26.4. The van der Waals surface area contributed by atoms with Gasteiger partial charge in [-0.2, -0.15) is 0 Å². The van der Waals surface area contributed by atoms with Crippen molar-refractivity contribution in [3.8, 4) is 0 Å². The summed E-state index contributed by atoms with van der Waals surface area (Å²) >= 11 is 0. The first kappa shape index (κ1) is 20.3. The molecule has 3 rings (SSSR count). The molecule has 0 bridgehead atoms. The van der Waals surface area contributed by atoms with Crippen molar-refractivity contribution in [2.24, 2.45) is 17.4 Å². The Labute approximate surface area is 163 Å². The van der Waals surface area contributed by atoms with Gasteiger partial charge >= 0.3 is 12.1 Å². The zero-order valence-corrected chi connectivity index (χ0v) is 15.8. The van der Waals surface area contributed by atoms with Crippen molar-refractivity contribution in [2.45, 2.75) is 56.3 Å². The molecule has 4 atom stereocenters. The number of ketones is 1. The number of ether oxygens (including phenoxy) is 1. The summed E-state index contributed by atoms with van der Waals surface area (Å²) < 4.78 is 5.36. The fourth-order valence-corrected chi connectivity index (χ4v) is 4.21. The van der Waals surface area contributed by atoms with E-state index in [9.17, 15) is 19.5 Å². The Kier molecular flexibility index (Phi) is 6.00. The number of carboxylic acids is 1. The fraction of sp³-hybridized carbons (Fsp3) is 0.550. The highest BCUT2D eigenvalue weighted by atomic mass is 16.6. The smallest absolute Gasteiger partial charge is 0.411 e. The number of benzene rings is 1. The standard InChI is InChI=1S/C20H27N3O5/c21-9-5-4-8-15(22)17(24)20-11-14(20)10-16(18(25)26)23(20)19(27)28-12-13-6-2-1-3-7-13/h1-3,6-7,14-16H,4-5,8-12,21-22H2,(H,25,26)/t14?,15?,16-,20-/m0/s1. The van der Waals surface area contributed by atoms with Gasteiger partial charge in [0.2, 0.25) is 0 Å². The molecule has 2 unspecified atom stereocenters. The van der Waals surface area contributed by atoms with Crippen molar-refractivity contribution < 1.29 is 24.2 Å². The number of unbranched alkanes of at least 4 members (excludes halogenated alkanes) is 1. The van der Waals surface area contributed by atoms with Crippen LogP contribution >= 0.6 is 0 Å². The van der Waals surface area contributed by atoms with Crippen molar-refractivity contribution in [3.05, 3.63) is 35.9 Å². The number of aliphatic carboxylic acids is 1. The summed E-state index contributed by atoms with van der Waals surface area (Å²) in [6.45, 7) is 0.535. The molecule has 2 aliphatic rings. The topological polar surface area (TPSA) is 136 Å². The SMILES string of the molecule is NCCCCC(N)C(=O)[C@]12CC1C[C@@H](C(=O)O)N2C(=O)OCc1ccccc1. The van der Waals surface area contributed by atoms with E-state index in [-0.39, 0.29) is 24.7 Å². The van der Waals surface area contributed by atoms with Crippen LogP contribution in [0.1, 0.15) is 37.7 Å². The number of carboxylic acid groups (broad SMARTS) is 1. The fourth-order valence-electron chi connectivity index (χ4n) is 4.21. The van der Waals surface area contributed by atoms with Gasteiger partial charge in [-0.1, -0.05) is 36.8 Å².